The number of hydrogen-bond acceptors (Lipinski definition) is 2. The largest absolute Gasteiger partial charge is 0.352 e. The Hall–Kier alpha value is -0.400. The zero-order chi connectivity index (χ0) is 13.8. The van der Waals surface area contributed by atoms with Gasteiger partial charge in [0.25, 0.3) is 0 Å². The van der Waals surface area contributed by atoms with Gasteiger partial charge >= 0.3 is 0 Å². The molecule has 102 valence electrons. The molecule has 2 aliphatic rings. The summed E-state index contributed by atoms with van der Waals surface area (Å²) in [6.45, 7) is 0. The third kappa shape index (κ3) is 2.25. The van der Waals surface area contributed by atoms with Gasteiger partial charge in [-0.1, -0.05) is 33.5 Å². The summed E-state index contributed by atoms with van der Waals surface area (Å²) in [4.78, 5) is 1.80. The van der Waals surface area contributed by atoms with Crippen LogP contribution in [0.15, 0.2) is 18.2 Å². The topological polar surface area (TPSA) is 52.6 Å². The molecule has 0 aliphatic carbocycles. The predicted octanol–water partition coefficient (Wildman–Crippen LogP) is 2.41. The van der Waals surface area contributed by atoms with Crippen molar-refractivity contribution in [1.82, 2.24) is 5.32 Å². The van der Waals surface area contributed by atoms with E-state index >= 15 is 0 Å². The van der Waals surface area contributed by atoms with Gasteiger partial charge in [0.1, 0.15) is 12.1 Å². The molecule has 0 saturated carbocycles. The van der Waals surface area contributed by atoms with E-state index < -0.39 is 10.2 Å². The fraction of sp³-hybridized carbons (Fsp3) is 0.364. The Balaban J connectivity index is 2.02. The highest BCUT2D eigenvalue weighted by Gasteiger charge is 2.54. The Morgan fingerprint density at radius 1 is 1.42 bits per heavy atom. The highest BCUT2D eigenvalue weighted by molar-refractivity contribution is 7.98. The van der Waals surface area contributed by atoms with Crippen LogP contribution in [0.4, 0.5) is 5.69 Å². The molecule has 2 heterocycles. The number of halogens is 2. The van der Waals surface area contributed by atoms with Gasteiger partial charge in [0.15, 0.2) is 16.6 Å². The van der Waals surface area contributed by atoms with Crippen molar-refractivity contribution in [1.29, 1.82) is 0 Å². The van der Waals surface area contributed by atoms with Crippen molar-refractivity contribution in [3.05, 3.63) is 28.2 Å². The minimum atomic E-state index is -2.78. The maximum absolute atomic E-state index is 11.8. The molecule has 0 bridgehead atoms. The molecule has 3 rings (SSSR count). The van der Waals surface area contributed by atoms with Crippen LogP contribution in [0.25, 0.3) is 0 Å². The normalized spacial score (nSPS) is 33.4. The SMILES string of the molecule is O=[S+]1(O)C[C@H]2NC(=S)N(c3cccc(Cl)c3Cl)[C@H]2C1. The van der Waals surface area contributed by atoms with Gasteiger partial charge in [-0.15, -0.1) is 0 Å². The molecule has 0 aromatic heterocycles. The first-order chi connectivity index (χ1) is 8.89. The first-order valence-corrected chi connectivity index (χ1v) is 8.66. The van der Waals surface area contributed by atoms with Crippen LogP contribution in [-0.2, 0) is 14.4 Å². The molecule has 1 unspecified atom stereocenters. The van der Waals surface area contributed by atoms with E-state index in [1.165, 1.54) is 0 Å². The third-order valence-corrected chi connectivity index (χ3v) is 6.25. The lowest BCUT2D eigenvalue weighted by atomic mass is 10.1. The van der Waals surface area contributed by atoms with Crippen LogP contribution in [-0.4, -0.2) is 33.3 Å². The van der Waals surface area contributed by atoms with Crippen LogP contribution in [0.3, 0.4) is 0 Å². The van der Waals surface area contributed by atoms with E-state index in [1.807, 2.05) is 6.07 Å². The van der Waals surface area contributed by atoms with Gasteiger partial charge in [0.2, 0.25) is 10.2 Å². The minimum Gasteiger partial charge on any atom is -0.352 e. The highest BCUT2D eigenvalue weighted by atomic mass is 35.5. The van der Waals surface area contributed by atoms with E-state index in [9.17, 15) is 8.76 Å². The average Bonchev–Trinajstić information content (AvgIpc) is 2.73. The fourth-order valence-electron chi connectivity index (χ4n) is 2.58. The minimum absolute atomic E-state index is 0.111. The number of rotatable bonds is 1. The molecular weight excluding hydrogens is 327 g/mol. The Morgan fingerprint density at radius 3 is 2.89 bits per heavy atom. The number of benzene rings is 1. The summed E-state index contributed by atoms with van der Waals surface area (Å²) in [6.07, 6.45) is 0. The summed E-state index contributed by atoms with van der Waals surface area (Å²) >= 11 is 17.5. The number of anilines is 1. The lowest BCUT2D eigenvalue weighted by molar-refractivity contribution is 0.502. The second-order valence-electron chi connectivity index (χ2n) is 4.67. The molecule has 0 spiro atoms. The van der Waals surface area contributed by atoms with E-state index in [0.29, 0.717) is 20.8 Å². The van der Waals surface area contributed by atoms with Gasteiger partial charge in [0, 0.05) is 0 Å². The lowest BCUT2D eigenvalue weighted by Crippen LogP contribution is -2.37. The lowest BCUT2D eigenvalue weighted by Gasteiger charge is -2.23. The first kappa shape index (κ1) is 13.6. The molecule has 8 heteroatoms. The predicted molar refractivity (Wildman–Crippen MR) is 82.7 cm³/mol. The molecule has 1 aromatic rings. The maximum atomic E-state index is 11.8. The molecule has 19 heavy (non-hydrogen) atoms. The monoisotopic (exact) mass is 337 g/mol. The smallest absolute Gasteiger partial charge is 0.218 e. The van der Waals surface area contributed by atoms with Crippen molar-refractivity contribution in [2.45, 2.75) is 12.1 Å². The van der Waals surface area contributed by atoms with Crippen LogP contribution >= 0.6 is 35.4 Å². The first-order valence-electron chi connectivity index (χ1n) is 5.65. The Morgan fingerprint density at radius 2 is 2.16 bits per heavy atom. The summed E-state index contributed by atoms with van der Waals surface area (Å²) in [5.41, 5.74) is 0.677. The van der Waals surface area contributed by atoms with Gasteiger partial charge < -0.3 is 10.2 Å². The number of thiocarbonyl (C=S) groups is 1. The summed E-state index contributed by atoms with van der Waals surface area (Å²) < 4.78 is 21.6. The molecule has 0 amide bonds. The molecule has 2 N–H and O–H groups in total. The second-order valence-corrected chi connectivity index (χ2v) is 8.06. The van der Waals surface area contributed by atoms with Gasteiger partial charge in [-0.3, -0.25) is 0 Å². The van der Waals surface area contributed by atoms with Crippen LogP contribution < -0.4 is 10.2 Å². The molecule has 2 saturated heterocycles. The Kier molecular flexibility index (Phi) is 3.26. The molecule has 3 atom stereocenters. The van der Waals surface area contributed by atoms with Crippen LogP contribution in [0.1, 0.15) is 0 Å². The van der Waals surface area contributed by atoms with Gasteiger partial charge in [0.05, 0.1) is 15.7 Å². The van der Waals surface area contributed by atoms with E-state index in [4.69, 9.17) is 35.4 Å². The summed E-state index contributed by atoms with van der Waals surface area (Å²) in [5, 5.41) is 4.45. The van der Waals surface area contributed by atoms with Gasteiger partial charge in [-0.05, 0) is 24.4 Å². The fourth-order valence-corrected chi connectivity index (χ4v) is 5.27. The summed E-state index contributed by atoms with van der Waals surface area (Å²) in [7, 11) is -2.78. The van der Waals surface area contributed by atoms with Gasteiger partial charge in [-0.25, -0.2) is 0 Å². The summed E-state index contributed by atoms with van der Waals surface area (Å²) in [5.74, 6) is 0.403. The van der Waals surface area contributed by atoms with Crippen molar-refractivity contribution >= 4 is 56.4 Å². The zero-order valence-corrected chi connectivity index (χ0v) is 12.8. The number of nitrogens with one attached hydrogen (secondary N) is 1. The molecular formula is C11H11Cl2N2O2S2+. The molecule has 2 fully saturated rings. The molecule has 2 aliphatic heterocycles. The van der Waals surface area contributed by atoms with Crippen LogP contribution in [0.5, 0.6) is 0 Å². The van der Waals surface area contributed by atoms with E-state index in [-0.39, 0.29) is 23.6 Å². The number of nitrogens with zero attached hydrogens (tertiary/aromatic N) is 1. The standard InChI is InChI=1S/C11H10Cl2N2O2S2/c12-6-2-1-3-8(10(6)13)15-9-5-19(16,17)4-7(9)14-11(15)18/h1-3,7,9H,4-5H2,(H-,14,16,17,18)/p+1/t7-,9+/m1/s1. The number of hydrogen-bond donors (Lipinski definition) is 2. The van der Waals surface area contributed by atoms with Crippen molar-refractivity contribution in [2.75, 3.05) is 16.4 Å². The molecule has 0 radical (unpaired) electrons. The third-order valence-electron chi connectivity index (χ3n) is 3.39. The van der Waals surface area contributed by atoms with Crippen molar-refractivity contribution in [2.24, 2.45) is 0 Å². The second kappa shape index (κ2) is 4.56. The summed E-state index contributed by atoms with van der Waals surface area (Å²) in [6, 6.07) is 5.02. The van der Waals surface area contributed by atoms with Crippen molar-refractivity contribution < 1.29 is 8.76 Å². The number of fused-ring (bicyclic) bond motifs is 1. The van der Waals surface area contributed by atoms with Crippen LogP contribution in [0.2, 0.25) is 10.0 Å². The van der Waals surface area contributed by atoms with Crippen molar-refractivity contribution in [3.63, 3.8) is 0 Å². The van der Waals surface area contributed by atoms with Crippen molar-refractivity contribution in [3.8, 4) is 0 Å². The molecule has 4 nitrogen and oxygen atoms in total. The van der Waals surface area contributed by atoms with E-state index in [2.05, 4.69) is 5.32 Å². The Bertz CT molecular complexity index is 610. The zero-order valence-electron chi connectivity index (χ0n) is 9.68. The van der Waals surface area contributed by atoms with E-state index in [1.54, 1.807) is 17.0 Å². The van der Waals surface area contributed by atoms with Gasteiger partial charge in [-0.2, -0.15) is 4.55 Å². The maximum Gasteiger partial charge on any atom is 0.218 e. The highest BCUT2D eigenvalue weighted by Crippen LogP contribution is 2.38. The quantitative estimate of drug-likeness (QED) is 0.608. The average molecular weight is 338 g/mol. The van der Waals surface area contributed by atoms with E-state index in [0.717, 1.165) is 0 Å². The Labute approximate surface area is 127 Å². The van der Waals surface area contributed by atoms with Crippen LogP contribution in [0, 0.1) is 0 Å². The molecule has 1 aromatic carbocycles.